The summed E-state index contributed by atoms with van der Waals surface area (Å²) in [5.41, 5.74) is 1.19. The Kier molecular flexibility index (Phi) is 6.38. The zero-order valence-electron chi connectivity index (χ0n) is 14.4. The lowest BCUT2D eigenvalue weighted by atomic mass is 9.96. The van der Waals surface area contributed by atoms with E-state index in [9.17, 15) is 18.8 Å². The van der Waals surface area contributed by atoms with Gasteiger partial charge in [0.15, 0.2) is 5.92 Å². The van der Waals surface area contributed by atoms with Crippen LogP contribution in [0.2, 0.25) is 0 Å². The summed E-state index contributed by atoms with van der Waals surface area (Å²) in [4.78, 5) is 42.2. The van der Waals surface area contributed by atoms with Gasteiger partial charge in [-0.3, -0.25) is 24.8 Å². The van der Waals surface area contributed by atoms with Crippen LogP contribution in [0.3, 0.4) is 0 Å². The first-order chi connectivity index (χ1) is 12.0. The molecular formula is C18H22FN3O3. The molecular weight excluding hydrogens is 325 g/mol. The van der Waals surface area contributed by atoms with Crippen molar-refractivity contribution in [2.75, 3.05) is 6.54 Å². The number of hydrogen-bond donors (Lipinski definition) is 1. The summed E-state index contributed by atoms with van der Waals surface area (Å²) < 4.78 is 13.0. The first-order valence-corrected chi connectivity index (χ1v) is 8.41. The maximum Gasteiger partial charge on any atom is 0.330 e. The van der Waals surface area contributed by atoms with Gasteiger partial charge in [-0.05, 0) is 30.5 Å². The summed E-state index contributed by atoms with van der Waals surface area (Å²) in [7, 11) is 0. The zero-order valence-corrected chi connectivity index (χ0v) is 14.4. The average Bonchev–Trinajstić information content (AvgIpc) is 2.58. The SMILES string of the molecule is CCCCN1C(=O)NC(=O)[C@@H](C(CC)=NCc2ccc(F)cc2)C1=O. The molecule has 134 valence electrons. The highest BCUT2D eigenvalue weighted by Crippen LogP contribution is 2.16. The number of carbonyl (C=O) groups excluding carboxylic acids is 3. The van der Waals surface area contributed by atoms with Gasteiger partial charge in [0, 0.05) is 12.3 Å². The Morgan fingerprint density at radius 3 is 2.48 bits per heavy atom. The van der Waals surface area contributed by atoms with Crippen molar-refractivity contribution in [2.24, 2.45) is 10.9 Å². The smallest absolute Gasteiger partial charge is 0.288 e. The zero-order chi connectivity index (χ0) is 18.4. The van der Waals surface area contributed by atoms with Crippen molar-refractivity contribution in [2.45, 2.75) is 39.7 Å². The molecule has 1 heterocycles. The van der Waals surface area contributed by atoms with Gasteiger partial charge in [0.1, 0.15) is 5.82 Å². The quantitative estimate of drug-likeness (QED) is 0.608. The van der Waals surface area contributed by atoms with Crippen LogP contribution < -0.4 is 5.32 Å². The van der Waals surface area contributed by atoms with E-state index in [1.807, 2.05) is 6.92 Å². The van der Waals surface area contributed by atoms with Gasteiger partial charge in [0.2, 0.25) is 11.8 Å². The second-order valence-electron chi connectivity index (χ2n) is 5.86. The molecule has 1 N–H and O–H groups in total. The normalized spacial score (nSPS) is 18.5. The number of nitrogens with zero attached hydrogens (tertiary/aromatic N) is 2. The number of benzene rings is 1. The van der Waals surface area contributed by atoms with Gasteiger partial charge in [0.25, 0.3) is 0 Å². The number of imide groups is 2. The summed E-state index contributed by atoms with van der Waals surface area (Å²) in [5, 5.41) is 2.24. The van der Waals surface area contributed by atoms with E-state index >= 15 is 0 Å². The second kappa shape index (κ2) is 8.50. The second-order valence-corrected chi connectivity index (χ2v) is 5.86. The summed E-state index contributed by atoms with van der Waals surface area (Å²) in [6.45, 7) is 4.27. The number of carbonyl (C=O) groups is 3. The van der Waals surface area contributed by atoms with Gasteiger partial charge in [-0.1, -0.05) is 32.4 Å². The van der Waals surface area contributed by atoms with Crippen LogP contribution in [0, 0.1) is 11.7 Å². The first kappa shape index (κ1) is 18.8. The van der Waals surface area contributed by atoms with Crippen molar-refractivity contribution in [3.63, 3.8) is 0 Å². The predicted molar refractivity (Wildman–Crippen MR) is 91.5 cm³/mol. The number of urea groups is 1. The van der Waals surface area contributed by atoms with Crippen LogP contribution in [0.4, 0.5) is 9.18 Å². The molecule has 0 radical (unpaired) electrons. The van der Waals surface area contributed by atoms with Crippen molar-refractivity contribution in [1.82, 2.24) is 10.2 Å². The molecule has 25 heavy (non-hydrogen) atoms. The lowest BCUT2D eigenvalue weighted by Gasteiger charge is -2.30. The molecule has 0 bridgehead atoms. The van der Waals surface area contributed by atoms with E-state index in [4.69, 9.17) is 0 Å². The highest BCUT2D eigenvalue weighted by molar-refractivity contribution is 6.27. The molecule has 0 spiro atoms. The molecule has 1 aliphatic rings. The highest BCUT2D eigenvalue weighted by Gasteiger charge is 2.42. The summed E-state index contributed by atoms with van der Waals surface area (Å²) in [5.74, 6) is -2.58. The van der Waals surface area contributed by atoms with Crippen molar-refractivity contribution in [1.29, 1.82) is 0 Å². The first-order valence-electron chi connectivity index (χ1n) is 8.41. The largest absolute Gasteiger partial charge is 0.330 e. The van der Waals surface area contributed by atoms with Gasteiger partial charge < -0.3 is 0 Å². The number of nitrogens with one attached hydrogen (secondary N) is 1. The van der Waals surface area contributed by atoms with Crippen LogP contribution in [0.5, 0.6) is 0 Å². The fourth-order valence-electron chi connectivity index (χ4n) is 2.62. The number of barbiturate groups is 1. The fraction of sp³-hybridized carbons (Fsp3) is 0.444. The molecule has 1 saturated heterocycles. The maximum atomic E-state index is 13.0. The minimum Gasteiger partial charge on any atom is -0.288 e. The van der Waals surface area contributed by atoms with Crippen LogP contribution in [0.1, 0.15) is 38.7 Å². The Morgan fingerprint density at radius 1 is 1.20 bits per heavy atom. The van der Waals surface area contributed by atoms with E-state index in [2.05, 4.69) is 10.3 Å². The van der Waals surface area contributed by atoms with Gasteiger partial charge >= 0.3 is 6.03 Å². The molecule has 0 unspecified atom stereocenters. The van der Waals surface area contributed by atoms with E-state index in [1.54, 1.807) is 19.1 Å². The third kappa shape index (κ3) is 4.49. The molecule has 0 aliphatic carbocycles. The lowest BCUT2D eigenvalue weighted by Crippen LogP contribution is -2.60. The standard InChI is InChI=1S/C18H22FN3O3/c1-3-5-10-22-17(24)15(16(23)21-18(22)25)14(4-2)20-11-12-6-8-13(19)9-7-12/h6-9,15H,3-5,10-11H2,1-2H3,(H,21,23,25)/t15-/m1/s1. The fourth-order valence-corrected chi connectivity index (χ4v) is 2.62. The van der Waals surface area contributed by atoms with Crippen LogP contribution in [-0.4, -0.2) is 35.0 Å². The number of aliphatic imine (C=N–C) groups is 1. The number of unbranched alkanes of at least 4 members (excludes halogenated alkanes) is 1. The Morgan fingerprint density at radius 2 is 1.88 bits per heavy atom. The Bertz CT molecular complexity index is 685. The molecule has 6 nitrogen and oxygen atoms in total. The van der Waals surface area contributed by atoms with E-state index in [0.29, 0.717) is 18.6 Å². The van der Waals surface area contributed by atoms with E-state index in [1.165, 1.54) is 12.1 Å². The van der Waals surface area contributed by atoms with Crippen molar-refractivity contribution in [3.8, 4) is 0 Å². The van der Waals surface area contributed by atoms with E-state index in [0.717, 1.165) is 16.9 Å². The molecule has 7 heteroatoms. The molecule has 4 amide bonds. The minimum absolute atomic E-state index is 0.240. The highest BCUT2D eigenvalue weighted by atomic mass is 19.1. The monoisotopic (exact) mass is 347 g/mol. The van der Waals surface area contributed by atoms with Crippen molar-refractivity contribution in [3.05, 3.63) is 35.6 Å². The van der Waals surface area contributed by atoms with E-state index in [-0.39, 0.29) is 18.9 Å². The van der Waals surface area contributed by atoms with Gasteiger partial charge in [-0.15, -0.1) is 0 Å². The van der Waals surface area contributed by atoms with Gasteiger partial charge in [-0.25, -0.2) is 9.18 Å². The number of amides is 4. The molecule has 2 rings (SSSR count). The molecule has 0 aromatic heterocycles. The Balaban J connectivity index is 2.20. The van der Waals surface area contributed by atoms with Crippen LogP contribution in [-0.2, 0) is 16.1 Å². The van der Waals surface area contributed by atoms with Gasteiger partial charge in [0.05, 0.1) is 6.54 Å². The number of rotatable bonds is 7. The molecule has 1 aromatic rings. The lowest BCUT2D eigenvalue weighted by molar-refractivity contribution is -0.139. The summed E-state index contributed by atoms with van der Waals surface area (Å²) in [6, 6.07) is 5.20. The maximum absolute atomic E-state index is 13.0. The summed E-state index contributed by atoms with van der Waals surface area (Å²) in [6.07, 6.45) is 1.91. The molecule has 1 atom stereocenters. The third-order valence-corrected chi connectivity index (χ3v) is 4.06. The van der Waals surface area contributed by atoms with E-state index < -0.39 is 23.8 Å². The van der Waals surface area contributed by atoms with Crippen LogP contribution in [0.15, 0.2) is 29.3 Å². The Labute approximate surface area is 146 Å². The van der Waals surface area contributed by atoms with Crippen molar-refractivity contribution < 1.29 is 18.8 Å². The molecule has 1 aromatic carbocycles. The predicted octanol–water partition coefficient (Wildman–Crippen LogP) is 2.67. The van der Waals surface area contributed by atoms with Gasteiger partial charge in [-0.2, -0.15) is 0 Å². The average molecular weight is 347 g/mol. The minimum atomic E-state index is -1.08. The van der Waals surface area contributed by atoms with Crippen LogP contribution >= 0.6 is 0 Å². The number of halogens is 1. The summed E-state index contributed by atoms with van der Waals surface area (Å²) >= 11 is 0. The topological polar surface area (TPSA) is 78.8 Å². The third-order valence-electron chi connectivity index (χ3n) is 4.06. The number of hydrogen-bond acceptors (Lipinski definition) is 4. The Hall–Kier alpha value is -2.57. The molecule has 0 saturated carbocycles. The van der Waals surface area contributed by atoms with Crippen LogP contribution in [0.25, 0.3) is 0 Å². The van der Waals surface area contributed by atoms with Crippen molar-refractivity contribution >= 4 is 23.6 Å². The molecule has 1 fully saturated rings. The molecule has 1 aliphatic heterocycles.